The molecular weight excluding hydrogens is 392 g/mol. The molecule has 2 rings (SSSR count). The summed E-state index contributed by atoms with van der Waals surface area (Å²) in [5.41, 5.74) is 0.320. The van der Waals surface area contributed by atoms with Gasteiger partial charge in [-0.05, 0) is 38.6 Å². The van der Waals surface area contributed by atoms with Crippen molar-refractivity contribution >= 4 is 21.8 Å². The zero-order chi connectivity index (χ0) is 21.6. The third-order valence-electron chi connectivity index (χ3n) is 5.24. The van der Waals surface area contributed by atoms with Gasteiger partial charge in [0.1, 0.15) is 0 Å². The molecule has 1 N–H and O–H groups in total. The number of carbonyl (C=O) groups excluding carboxylic acids is 2. The van der Waals surface area contributed by atoms with E-state index in [1.807, 2.05) is 0 Å². The second-order valence-electron chi connectivity index (χ2n) is 7.42. The maximum Gasteiger partial charge on any atom is 0.251 e. The van der Waals surface area contributed by atoms with E-state index in [1.54, 1.807) is 17.0 Å². The van der Waals surface area contributed by atoms with Gasteiger partial charge in [0.15, 0.2) is 0 Å². The highest BCUT2D eigenvalue weighted by Gasteiger charge is 2.29. The number of amides is 2. The van der Waals surface area contributed by atoms with Crippen LogP contribution in [-0.2, 0) is 14.8 Å². The summed E-state index contributed by atoms with van der Waals surface area (Å²) in [7, 11) is -3.71. The van der Waals surface area contributed by atoms with Crippen LogP contribution in [0.1, 0.15) is 38.1 Å². The summed E-state index contributed by atoms with van der Waals surface area (Å²) in [4.78, 5) is 27.9. The van der Waals surface area contributed by atoms with Gasteiger partial charge in [0.2, 0.25) is 15.9 Å². The molecule has 0 atom stereocenters. The third-order valence-corrected chi connectivity index (χ3v) is 7.13. The second kappa shape index (κ2) is 10.2. The van der Waals surface area contributed by atoms with E-state index < -0.39 is 10.0 Å². The van der Waals surface area contributed by atoms with E-state index in [2.05, 4.69) is 31.0 Å². The van der Waals surface area contributed by atoms with Gasteiger partial charge in [-0.1, -0.05) is 13.0 Å². The number of likely N-dealkylation sites (N-methyl/N-ethyl adjacent to an activating group) is 1. The number of nitrogens with zero attached hydrogens (tertiary/aromatic N) is 3. The quantitative estimate of drug-likeness (QED) is 0.672. The first-order valence-electron chi connectivity index (χ1n) is 10.0. The highest BCUT2D eigenvalue weighted by atomic mass is 32.2. The highest BCUT2D eigenvalue weighted by molar-refractivity contribution is 7.89. The molecular formula is C20H32N4O4S. The lowest BCUT2D eigenvalue weighted by molar-refractivity contribution is -0.129. The molecule has 2 amide bonds. The van der Waals surface area contributed by atoms with Crippen LogP contribution in [0.4, 0.5) is 0 Å². The van der Waals surface area contributed by atoms with Crippen LogP contribution in [0.3, 0.4) is 0 Å². The molecule has 0 saturated carbocycles. The normalized spacial score (nSPS) is 15.7. The molecule has 0 aromatic heterocycles. The van der Waals surface area contributed by atoms with Crippen LogP contribution in [0, 0.1) is 0 Å². The summed E-state index contributed by atoms with van der Waals surface area (Å²) in [6, 6.07) is 6.51. The Morgan fingerprint density at radius 1 is 1.17 bits per heavy atom. The van der Waals surface area contributed by atoms with E-state index in [9.17, 15) is 18.0 Å². The third kappa shape index (κ3) is 6.01. The molecule has 1 aliphatic rings. The number of carbonyl (C=O) groups is 2. The molecule has 1 aliphatic heterocycles. The first-order valence-corrected chi connectivity index (χ1v) is 11.5. The molecule has 29 heavy (non-hydrogen) atoms. The Morgan fingerprint density at radius 2 is 1.83 bits per heavy atom. The fourth-order valence-electron chi connectivity index (χ4n) is 3.39. The fraction of sp³-hybridized carbons (Fsp3) is 0.600. The van der Waals surface area contributed by atoms with E-state index >= 15 is 0 Å². The van der Waals surface area contributed by atoms with Crippen molar-refractivity contribution in [2.75, 3.05) is 45.8 Å². The van der Waals surface area contributed by atoms with Crippen LogP contribution in [0.2, 0.25) is 0 Å². The number of piperazine rings is 1. The van der Waals surface area contributed by atoms with Gasteiger partial charge in [0.05, 0.1) is 4.90 Å². The van der Waals surface area contributed by atoms with Crippen LogP contribution in [0.15, 0.2) is 29.2 Å². The topological polar surface area (TPSA) is 90.0 Å². The number of hydrogen-bond donors (Lipinski definition) is 1. The van der Waals surface area contributed by atoms with Crippen molar-refractivity contribution in [1.82, 2.24) is 19.4 Å². The molecule has 1 heterocycles. The summed E-state index contributed by atoms with van der Waals surface area (Å²) in [6.45, 7) is 11.1. The van der Waals surface area contributed by atoms with E-state index in [4.69, 9.17) is 0 Å². The van der Waals surface area contributed by atoms with Crippen molar-refractivity contribution in [3.8, 4) is 0 Å². The van der Waals surface area contributed by atoms with Crippen LogP contribution >= 0.6 is 0 Å². The van der Waals surface area contributed by atoms with Crippen molar-refractivity contribution < 1.29 is 18.0 Å². The van der Waals surface area contributed by atoms with Gasteiger partial charge in [-0.25, -0.2) is 8.42 Å². The molecule has 0 unspecified atom stereocenters. The maximum atomic E-state index is 12.9. The van der Waals surface area contributed by atoms with E-state index in [0.717, 1.165) is 13.1 Å². The predicted octanol–water partition coefficient (Wildman–Crippen LogP) is 1.000. The lowest BCUT2D eigenvalue weighted by atomic mass is 10.2. The zero-order valence-corrected chi connectivity index (χ0v) is 18.5. The lowest BCUT2D eigenvalue weighted by Crippen LogP contribution is -2.49. The van der Waals surface area contributed by atoms with Gasteiger partial charge in [-0.2, -0.15) is 4.31 Å². The summed E-state index contributed by atoms with van der Waals surface area (Å²) in [6.07, 6.45) is 0. The van der Waals surface area contributed by atoms with Crippen LogP contribution < -0.4 is 5.32 Å². The van der Waals surface area contributed by atoms with Crippen molar-refractivity contribution in [2.45, 2.75) is 38.6 Å². The summed E-state index contributed by atoms with van der Waals surface area (Å²) in [5, 5.41) is 2.86. The van der Waals surface area contributed by atoms with Crippen LogP contribution in [0.5, 0.6) is 0 Å². The van der Waals surface area contributed by atoms with Gasteiger partial charge < -0.3 is 10.2 Å². The smallest absolute Gasteiger partial charge is 0.251 e. The standard InChI is InChI=1S/C20H32N4O4S/c1-5-22(16(2)3)10-9-21-20(26)18-7-6-8-19(15-18)29(27,28)24-13-11-23(12-14-24)17(4)25/h6-8,15-16H,5,9-14H2,1-4H3,(H,21,26). The Morgan fingerprint density at radius 3 is 2.38 bits per heavy atom. The van der Waals surface area contributed by atoms with Crippen LogP contribution in [-0.4, -0.2) is 86.2 Å². The lowest BCUT2D eigenvalue weighted by Gasteiger charge is -2.33. The number of benzene rings is 1. The summed E-state index contributed by atoms with van der Waals surface area (Å²) >= 11 is 0. The Kier molecular flexibility index (Phi) is 8.18. The highest BCUT2D eigenvalue weighted by Crippen LogP contribution is 2.19. The average molecular weight is 425 g/mol. The average Bonchev–Trinajstić information content (AvgIpc) is 2.70. The molecule has 1 saturated heterocycles. The van der Waals surface area contributed by atoms with Crippen molar-refractivity contribution in [3.05, 3.63) is 29.8 Å². The minimum absolute atomic E-state index is 0.0557. The number of hydrogen-bond acceptors (Lipinski definition) is 5. The minimum Gasteiger partial charge on any atom is -0.351 e. The Hall–Kier alpha value is -1.97. The minimum atomic E-state index is -3.71. The number of rotatable bonds is 8. The Labute approximate surface area is 173 Å². The zero-order valence-electron chi connectivity index (χ0n) is 17.7. The summed E-state index contributed by atoms with van der Waals surface area (Å²) < 4.78 is 27.2. The van der Waals surface area contributed by atoms with E-state index in [1.165, 1.54) is 23.4 Å². The molecule has 9 heteroatoms. The molecule has 1 aromatic carbocycles. The molecule has 0 bridgehead atoms. The fourth-order valence-corrected chi connectivity index (χ4v) is 4.86. The largest absolute Gasteiger partial charge is 0.351 e. The van der Waals surface area contributed by atoms with E-state index in [0.29, 0.717) is 31.2 Å². The predicted molar refractivity (Wildman–Crippen MR) is 112 cm³/mol. The molecule has 162 valence electrons. The first kappa shape index (κ1) is 23.3. The van der Waals surface area contributed by atoms with Gasteiger partial charge >= 0.3 is 0 Å². The Balaban J connectivity index is 2.02. The van der Waals surface area contributed by atoms with Gasteiger partial charge in [-0.15, -0.1) is 0 Å². The maximum absolute atomic E-state index is 12.9. The number of sulfonamides is 1. The second-order valence-corrected chi connectivity index (χ2v) is 9.35. The van der Waals surface area contributed by atoms with E-state index in [-0.39, 0.29) is 29.8 Å². The van der Waals surface area contributed by atoms with Crippen molar-refractivity contribution in [3.63, 3.8) is 0 Å². The molecule has 8 nitrogen and oxygen atoms in total. The first-order chi connectivity index (χ1) is 13.7. The monoisotopic (exact) mass is 424 g/mol. The molecule has 1 fully saturated rings. The van der Waals surface area contributed by atoms with Gasteiger partial charge in [0.25, 0.3) is 5.91 Å². The van der Waals surface area contributed by atoms with Crippen molar-refractivity contribution in [2.24, 2.45) is 0 Å². The van der Waals surface area contributed by atoms with Gasteiger partial charge in [0, 0.05) is 57.8 Å². The molecule has 0 spiro atoms. The van der Waals surface area contributed by atoms with Crippen molar-refractivity contribution in [1.29, 1.82) is 0 Å². The number of nitrogens with one attached hydrogen (secondary N) is 1. The van der Waals surface area contributed by atoms with Gasteiger partial charge in [-0.3, -0.25) is 14.5 Å². The van der Waals surface area contributed by atoms with Crippen LogP contribution in [0.25, 0.3) is 0 Å². The SMILES string of the molecule is CCN(CCNC(=O)c1cccc(S(=O)(=O)N2CCN(C(C)=O)CC2)c1)C(C)C. The summed E-state index contributed by atoms with van der Waals surface area (Å²) in [5.74, 6) is -0.344. The molecule has 1 aromatic rings. The molecule has 0 radical (unpaired) electrons. The molecule has 0 aliphatic carbocycles. The Bertz CT molecular complexity index is 818.